The third-order valence-corrected chi connectivity index (χ3v) is 4.87. The van der Waals surface area contributed by atoms with Gasteiger partial charge >= 0.3 is 0 Å². The summed E-state index contributed by atoms with van der Waals surface area (Å²) < 4.78 is 2.39. The zero-order chi connectivity index (χ0) is 15.3. The predicted octanol–water partition coefficient (Wildman–Crippen LogP) is 3.46. The van der Waals surface area contributed by atoms with Crippen molar-refractivity contribution in [3.63, 3.8) is 0 Å². The fraction of sp³-hybridized carbons (Fsp3) is 0.316. The third kappa shape index (κ3) is 1.97. The minimum absolute atomic E-state index is 0.412. The van der Waals surface area contributed by atoms with Gasteiger partial charge in [0.15, 0.2) is 0 Å². The van der Waals surface area contributed by atoms with E-state index in [1.807, 2.05) is 12.4 Å². The van der Waals surface area contributed by atoms with Crippen LogP contribution in [0.15, 0.2) is 42.7 Å². The molecule has 3 aromatic rings. The lowest BCUT2D eigenvalue weighted by Crippen LogP contribution is -2.31. The summed E-state index contributed by atoms with van der Waals surface area (Å²) in [5.74, 6) is 0.412. The number of benzene rings is 1. The van der Waals surface area contributed by atoms with Crippen LogP contribution in [0.3, 0.4) is 0 Å². The molecule has 0 saturated carbocycles. The lowest BCUT2D eigenvalue weighted by atomic mass is 9.89. The van der Waals surface area contributed by atoms with E-state index >= 15 is 0 Å². The SMILES string of the molecule is Cc1ccc2c(c1)c1c(n2C)C(c2ccncc2)CN(C)C1. The molecule has 3 nitrogen and oxygen atoms in total. The molecule has 0 amide bonds. The van der Waals surface area contributed by atoms with Gasteiger partial charge in [-0.3, -0.25) is 4.98 Å². The van der Waals surface area contributed by atoms with Crippen LogP contribution in [0, 0.1) is 6.92 Å². The average Bonchev–Trinajstić information content (AvgIpc) is 2.80. The lowest BCUT2D eigenvalue weighted by molar-refractivity contribution is 0.292. The number of hydrogen-bond acceptors (Lipinski definition) is 2. The van der Waals surface area contributed by atoms with E-state index in [4.69, 9.17) is 0 Å². The molecule has 4 rings (SSSR count). The van der Waals surface area contributed by atoms with Crippen LogP contribution < -0.4 is 0 Å². The van der Waals surface area contributed by atoms with Crippen LogP contribution in [0.2, 0.25) is 0 Å². The normalized spacial score (nSPS) is 18.6. The van der Waals surface area contributed by atoms with E-state index in [0.29, 0.717) is 5.92 Å². The Morgan fingerprint density at radius 2 is 1.86 bits per heavy atom. The molecule has 112 valence electrons. The standard InChI is InChI=1S/C19H21N3/c1-13-4-5-18-15(10-13)17-12-21(2)11-16(19(17)22(18)3)14-6-8-20-9-7-14/h4-10,16H,11-12H2,1-3H3. The van der Waals surface area contributed by atoms with Crippen LogP contribution in [0.4, 0.5) is 0 Å². The maximum atomic E-state index is 4.17. The number of likely N-dealkylation sites (N-methyl/N-ethyl adjacent to an activating group) is 1. The van der Waals surface area contributed by atoms with Crippen LogP contribution >= 0.6 is 0 Å². The first-order valence-electron chi connectivity index (χ1n) is 7.81. The molecule has 1 atom stereocenters. The Bertz CT molecular complexity index is 833. The fourth-order valence-electron chi connectivity index (χ4n) is 3.86. The Kier molecular flexibility index (Phi) is 3.05. The molecule has 3 heteroatoms. The molecule has 2 aromatic heterocycles. The van der Waals surface area contributed by atoms with Crippen molar-refractivity contribution in [3.8, 4) is 0 Å². The molecule has 0 aliphatic carbocycles. The molecular weight excluding hydrogens is 270 g/mol. The zero-order valence-corrected chi connectivity index (χ0v) is 13.4. The summed E-state index contributed by atoms with van der Waals surface area (Å²) in [6, 6.07) is 11.1. The summed E-state index contributed by atoms with van der Waals surface area (Å²) in [5, 5.41) is 1.41. The number of aryl methyl sites for hydroxylation is 2. The number of rotatable bonds is 1. The first-order chi connectivity index (χ1) is 10.6. The molecule has 0 bridgehead atoms. The Morgan fingerprint density at radius 1 is 1.09 bits per heavy atom. The second kappa shape index (κ2) is 4.96. The van der Waals surface area contributed by atoms with Crippen LogP contribution in [-0.2, 0) is 13.6 Å². The van der Waals surface area contributed by atoms with Gasteiger partial charge < -0.3 is 9.47 Å². The van der Waals surface area contributed by atoms with Gasteiger partial charge in [0.05, 0.1) is 0 Å². The van der Waals surface area contributed by atoms with Gasteiger partial charge in [0.25, 0.3) is 0 Å². The molecule has 1 aromatic carbocycles. The van der Waals surface area contributed by atoms with Gasteiger partial charge in [-0.15, -0.1) is 0 Å². The van der Waals surface area contributed by atoms with Gasteiger partial charge in [-0.25, -0.2) is 0 Å². The zero-order valence-electron chi connectivity index (χ0n) is 13.4. The van der Waals surface area contributed by atoms with Crippen LogP contribution in [0.1, 0.15) is 28.3 Å². The maximum absolute atomic E-state index is 4.17. The van der Waals surface area contributed by atoms with Crippen molar-refractivity contribution >= 4 is 10.9 Å². The van der Waals surface area contributed by atoms with Crippen LogP contribution in [-0.4, -0.2) is 28.0 Å². The molecule has 1 unspecified atom stereocenters. The van der Waals surface area contributed by atoms with Crippen molar-refractivity contribution < 1.29 is 0 Å². The number of aromatic nitrogens is 2. The van der Waals surface area contributed by atoms with Crippen molar-refractivity contribution in [2.75, 3.05) is 13.6 Å². The largest absolute Gasteiger partial charge is 0.347 e. The van der Waals surface area contributed by atoms with Crippen molar-refractivity contribution in [3.05, 3.63) is 65.1 Å². The Hall–Kier alpha value is -2.13. The first kappa shape index (κ1) is 13.5. The van der Waals surface area contributed by atoms with Gasteiger partial charge in [-0.05, 0) is 49.4 Å². The number of nitrogens with zero attached hydrogens (tertiary/aromatic N) is 3. The average molecular weight is 291 g/mol. The van der Waals surface area contributed by atoms with Gasteiger partial charge in [0.1, 0.15) is 0 Å². The summed E-state index contributed by atoms with van der Waals surface area (Å²) in [4.78, 5) is 6.60. The summed E-state index contributed by atoms with van der Waals surface area (Å²) in [7, 11) is 4.42. The van der Waals surface area contributed by atoms with E-state index in [1.165, 1.54) is 33.3 Å². The molecule has 3 heterocycles. The van der Waals surface area contributed by atoms with E-state index in [-0.39, 0.29) is 0 Å². The number of fused-ring (bicyclic) bond motifs is 3. The van der Waals surface area contributed by atoms with Gasteiger partial charge in [0.2, 0.25) is 0 Å². The maximum Gasteiger partial charge on any atom is 0.0483 e. The van der Waals surface area contributed by atoms with Crippen molar-refractivity contribution in [2.24, 2.45) is 7.05 Å². The van der Waals surface area contributed by atoms with Gasteiger partial charge in [-0.2, -0.15) is 0 Å². The highest BCUT2D eigenvalue weighted by Crippen LogP contribution is 2.38. The molecule has 0 radical (unpaired) electrons. The molecule has 22 heavy (non-hydrogen) atoms. The fourth-order valence-corrected chi connectivity index (χ4v) is 3.86. The Morgan fingerprint density at radius 3 is 2.64 bits per heavy atom. The number of pyridine rings is 1. The molecule has 0 spiro atoms. The van der Waals surface area contributed by atoms with Crippen molar-refractivity contribution in [2.45, 2.75) is 19.4 Å². The molecule has 0 N–H and O–H groups in total. The van der Waals surface area contributed by atoms with E-state index in [9.17, 15) is 0 Å². The lowest BCUT2D eigenvalue weighted by Gasteiger charge is -2.31. The summed E-state index contributed by atoms with van der Waals surface area (Å²) in [6.07, 6.45) is 3.80. The van der Waals surface area contributed by atoms with Gasteiger partial charge in [0, 0.05) is 55.0 Å². The minimum Gasteiger partial charge on any atom is -0.347 e. The predicted molar refractivity (Wildman–Crippen MR) is 90.1 cm³/mol. The van der Waals surface area contributed by atoms with Crippen molar-refractivity contribution in [1.82, 2.24) is 14.5 Å². The van der Waals surface area contributed by atoms with E-state index < -0.39 is 0 Å². The second-order valence-electron chi connectivity index (χ2n) is 6.47. The highest BCUT2D eigenvalue weighted by atomic mass is 15.1. The molecule has 1 aliphatic rings. The Labute approximate surface area is 131 Å². The molecule has 0 fully saturated rings. The number of hydrogen-bond donors (Lipinski definition) is 0. The van der Waals surface area contributed by atoms with E-state index in [1.54, 1.807) is 0 Å². The summed E-state index contributed by atoms with van der Waals surface area (Å²) in [5.41, 5.74) is 6.96. The second-order valence-corrected chi connectivity index (χ2v) is 6.47. The van der Waals surface area contributed by atoms with E-state index in [2.05, 4.69) is 65.8 Å². The Balaban J connectivity index is 1.99. The highest BCUT2D eigenvalue weighted by Gasteiger charge is 2.29. The smallest absolute Gasteiger partial charge is 0.0483 e. The molecule has 0 saturated heterocycles. The molecular formula is C19H21N3. The van der Waals surface area contributed by atoms with Crippen LogP contribution in [0.25, 0.3) is 10.9 Å². The summed E-state index contributed by atoms with van der Waals surface area (Å²) in [6.45, 7) is 4.25. The van der Waals surface area contributed by atoms with Crippen molar-refractivity contribution in [1.29, 1.82) is 0 Å². The van der Waals surface area contributed by atoms with Gasteiger partial charge in [-0.1, -0.05) is 11.6 Å². The molecule has 1 aliphatic heterocycles. The first-order valence-corrected chi connectivity index (χ1v) is 7.81. The quantitative estimate of drug-likeness (QED) is 0.684. The monoisotopic (exact) mass is 291 g/mol. The third-order valence-electron chi connectivity index (χ3n) is 4.87. The van der Waals surface area contributed by atoms with E-state index in [0.717, 1.165) is 13.1 Å². The van der Waals surface area contributed by atoms with Crippen LogP contribution in [0.5, 0.6) is 0 Å². The minimum atomic E-state index is 0.412. The summed E-state index contributed by atoms with van der Waals surface area (Å²) >= 11 is 0. The topological polar surface area (TPSA) is 21.1 Å². The highest BCUT2D eigenvalue weighted by molar-refractivity contribution is 5.87.